The van der Waals surface area contributed by atoms with Gasteiger partial charge in [0.15, 0.2) is 0 Å². The van der Waals surface area contributed by atoms with Gasteiger partial charge in [-0.15, -0.1) is 0 Å². The van der Waals surface area contributed by atoms with E-state index in [4.69, 9.17) is 9.47 Å². The number of aliphatic hydroxyl groups is 1. The Labute approximate surface area is 116 Å². The molecule has 20 heavy (non-hydrogen) atoms. The van der Waals surface area contributed by atoms with E-state index in [-0.39, 0.29) is 23.2 Å². The van der Waals surface area contributed by atoms with Crippen LogP contribution in [0.2, 0.25) is 0 Å². The lowest BCUT2D eigenvalue weighted by molar-refractivity contribution is -0.210. The lowest BCUT2D eigenvalue weighted by Crippen LogP contribution is -2.55. The van der Waals surface area contributed by atoms with Gasteiger partial charge < -0.3 is 14.6 Å². The molecule has 108 valence electrons. The molecule has 0 radical (unpaired) electrons. The molecule has 2 aliphatic carbocycles. The molecule has 0 bridgehead atoms. The monoisotopic (exact) mass is 278 g/mol. The van der Waals surface area contributed by atoms with Crippen molar-refractivity contribution in [1.82, 2.24) is 0 Å². The molecule has 2 aliphatic heterocycles. The first kappa shape index (κ1) is 12.4. The van der Waals surface area contributed by atoms with Crippen molar-refractivity contribution in [3.63, 3.8) is 0 Å². The summed E-state index contributed by atoms with van der Waals surface area (Å²) in [6.45, 7) is 3.71. The van der Waals surface area contributed by atoms with Gasteiger partial charge in [-0.25, -0.2) is 4.79 Å². The summed E-state index contributed by atoms with van der Waals surface area (Å²) in [6, 6.07) is 0. The minimum atomic E-state index is -1.57. The Morgan fingerprint density at radius 2 is 2.05 bits per heavy atom. The van der Waals surface area contributed by atoms with E-state index in [1.54, 1.807) is 6.92 Å². The van der Waals surface area contributed by atoms with Crippen molar-refractivity contribution < 1.29 is 24.2 Å². The number of hydrogen-bond donors (Lipinski definition) is 1. The molecule has 3 fully saturated rings. The van der Waals surface area contributed by atoms with E-state index in [1.165, 1.54) is 0 Å². The van der Waals surface area contributed by atoms with Gasteiger partial charge in [-0.2, -0.15) is 0 Å². The van der Waals surface area contributed by atoms with E-state index in [1.807, 2.05) is 0 Å². The smallest absolute Gasteiger partial charge is 0.336 e. The molecular weight excluding hydrogens is 260 g/mol. The predicted molar refractivity (Wildman–Crippen MR) is 67.2 cm³/mol. The number of rotatable bonds is 0. The summed E-state index contributed by atoms with van der Waals surface area (Å²) in [7, 11) is 0. The molecule has 5 atom stereocenters. The highest BCUT2D eigenvalue weighted by Gasteiger charge is 2.69. The van der Waals surface area contributed by atoms with Crippen molar-refractivity contribution in [2.75, 3.05) is 0 Å². The van der Waals surface area contributed by atoms with Crippen LogP contribution in [0.15, 0.2) is 11.1 Å². The number of fused-ring (bicyclic) bond motifs is 2. The number of carbonyl (C=O) groups excluding carboxylic acids is 2. The summed E-state index contributed by atoms with van der Waals surface area (Å²) in [5.74, 6) is -2.23. The van der Waals surface area contributed by atoms with Gasteiger partial charge in [0.25, 0.3) is 0 Å². The molecule has 5 nitrogen and oxygen atoms in total. The third kappa shape index (κ3) is 1.18. The average Bonchev–Trinajstić information content (AvgIpc) is 2.75. The zero-order valence-electron chi connectivity index (χ0n) is 11.6. The number of carbonyl (C=O) groups is 2. The molecule has 5 unspecified atom stereocenters. The Hall–Kier alpha value is -1.36. The fourth-order valence-corrected chi connectivity index (χ4v) is 4.84. The second kappa shape index (κ2) is 3.45. The number of hydrogen-bond acceptors (Lipinski definition) is 5. The fraction of sp³-hybridized carbons (Fsp3) is 0.733. The lowest BCUT2D eigenvalue weighted by Gasteiger charge is -2.51. The first-order valence-electron chi connectivity index (χ1n) is 7.25. The van der Waals surface area contributed by atoms with Crippen molar-refractivity contribution >= 4 is 11.9 Å². The topological polar surface area (TPSA) is 72.8 Å². The Morgan fingerprint density at radius 3 is 2.80 bits per heavy atom. The summed E-state index contributed by atoms with van der Waals surface area (Å²) in [4.78, 5) is 24.0. The average molecular weight is 278 g/mol. The molecule has 1 saturated heterocycles. The van der Waals surface area contributed by atoms with Crippen molar-refractivity contribution in [1.29, 1.82) is 0 Å². The van der Waals surface area contributed by atoms with Crippen LogP contribution in [-0.4, -0.2) is 28.9 Å². The van der Waals surface area contributed by atoms with Crippen LogP contribution in [0.25, 0.3) is 0 Å². The second-order valence-electron chi connectivity index (χ2n) is 6.78. The van der Waals surface area contributed by atoms with Gasteiger partial charge in [0.05, 0.1) is 11.5 Å². The first-order valence-corrected chi connectivity index (χ1v) is 7.25. The summed E-state index contributed by atoms with van der Waals surface area (Å²) < 4.78 is 10.8. The largest absolute Gasteiger partial charge is 0.457 e. The van der Waals surface area contributed by atoms with Crippen molar-refractivity contribution in [3.05, 3.63) is 11.1 Å². The zero-order chi connectivity index (χ0) is 14.3. The molecule has 0 spiro atoms. The maximum atomic E-state index is 12.2. The highest BCUT2D eigenvalue weighted by molar-refractivity contribution is 5.93. The van der Waals surface area contributed by atoms with Gasteiger partial charge in [0.1, 0.15) is 6.10 Å². The minimum absolute atomic E-state index is 0.119. The third-order valence-corrected chi connectivity index (χ3v) is 5.94. The van der Waals surface area contributed by atoms with Crippen molar-refractivity contribution in [3.8, 4) is 0 Å². The van der Waals surface area contributed by atoms with Gasteiger partial charge >= 0.3 is 11.9 Å². The Balaban J connectivity index is 1.91. The quantitative estimate of drug-likeness (QED) is 0.676. The summed E-state index contributed by atoms with van der Waals surface area (Å²) in [6.07, 6.45) is 2.59. The van der Waals surface area contributed by atoms with Crippen LogP contribution in [0.1, 0.15) is 39.5 Å². The molecule has 2 heterocycles. The Bertz CT molecular complexity index is 565. The van der Waals surface area contributed by atoms with Crippen LogP contribution >= 0.6 is 0 Å². The van der Waals surface area contributed by atoms with Gasteiger partial charge in [-0.1, -0.05) is 13.3 Å². The van der Waals surface area contributed by atoms with Crippen molar-refractivity contribution in [2.24, 2.45) is 17.3 Å². The highest BCUT2D eigenvalue weighted by Crippen LogP contribution is 2.63. The van der Waals surface area contributed by atoms with E-state index in [0.717, 1.165) is 19.3 Å². The van der Waals surface area contributed by atoms with Crippen LogP contribution in [0, 0.1) is 17.3 Å². The van der Waals surface area contributed by atoms with Crippen LogP contribution in [0.5, 0.6) is 0 Å². The molecule has 0 amide bonds. The molecular formula is C15H18O5. The SMILES string of the molecule is CC1=C2C3OC(=O)C4CCCC(CC2(O)OC1=O)C43C. The normalized spacial score (nSPS) is 49.6. The van der Waals surface area contributed by atoms with Crippen molar-refractivity contribution in [2.45, 2.75) is 51.4 Å². The highest BCUT2D eigenvalue weighted by atomic mass is 16.7. The van der Waals surface area contributed by atoms with E-state index < -0.39 is 17.9 Å². The van der Waals surface area contributed by atoms with Crippen LogP contribution in [0.3, 0.4) is 0 Å². The number of ether oxygens (including phenoxy) is 2. The second-order valence-corrected chi connectivity index (χ2v) is 6.78. The lowest BCUT2D eigenvalue weighted by atomic mass is 9.53. The fourth-order valence-electron chi connectivity index (χ4n) is 4.84. The predicted octanol–water partition coefficient (Wildman–Crippen LogP) is 1.30. The summed E-state index contributed by atoms with van der Waals surface area (Å²) in [5, 5.41) is 10.7. The molecule has 4 aliphatic rings. The number of esters is 2. The molecule has 2 saturated carbocycles. The molecule has 0 aromatic carbocycles. The zero-order valence-corrected chi connectivity index (χ0v) is 11.6. The minimum Gasteiger partial charge on any atom is -0.457 e. The molecule has 4 rings (SSSR count). The van der Waals surface area contributed by atoms with Crippen LogP contribution < -0.4 is 0 Å². The van der Waals surface area contributed by atoms with Gasteiger partial charge in [-0.3, -0.25) is 4.79 Å². The molecule has 0 aromatic rings. The van der Waals surface area contributed by atoms with Crippen LogP contribution in [-0.2, 0) is 19.1 Å². The molecule has 0 aromatic heterocycles. The Kier molecular flexibility index (Phi) is 2.14. The summed E-state index contributed by atoms with van der Waals surface area (Å²) in [5.41, 5.74) is 0.571. The van der Waals surface area contributed by atoms with Gasteiger partial charge in [-0.05, 0) is 25.7 Å². The summed E-state index contributed by atoms with van der Waals surface area (Å²) >= 11 is 0. The van der Waals surface area contributed by atoms with E-state index in [0.29, 0.717) is 17.6 Å². The van der Waals surface area contributed by atoms with E-state index in [2.05, 4.69) is 6.92 Å². The maximum Gasteiger partial charge on any atom is 0.336 e. The van der Waals surface area contributed by atoms with E-state index >= 15 is 0 Å². The van der Waals surface area contributed by atoms with Gasteiger partial charge in [0.2, 0.25) is 5.79 Å². The Morgan fingerprint density at radius 1 is 1.30 bits per heavy atom. The van der Waals surface area contributed by atoms with Crippen LogP contribution in [0.4, 0.5) is 0 Å². The molecule has 1 N–H and O–H groups in total. The maximum absolute atomic E-state index is 12.2. The third-order valence-electron chi connectivity index (χ3n) is 5.94. The molecule has 5 heteroatoms. The first-order chi connectivity index (χ1) is 9.38. The van der Waals surface area contributed by atoms with E-state index in [9.17, 15) is 14.7 Å². The standard InChI is InChI=1S/C15H18O5/c1-7-10-11-14(2)8(6-15(10,18)20-12(7)16)4-3-5-9(14)13(17)19-11/h8-9,11,18H,3-6H2,1-2H3. The van der Waals surface area contributed by atoms with Gasteiger partial charge in [0, 0.05) is 17.4 Å².